The maximum absolute atomic E-state index is 12.8. The molecular weight excluding hydrogens is 326 g/mol. The van der Waals surface area contributed by atoms with E-state index >= 15 is 0 Å². The Morgan fingerprint density at radius 2 is 1.81 bits per heavy atom. The molecule has 2 aliphatic rings. The van der Waals surface area contributed by atoms with Crippen LogP contribution < -0.4 is 15.1 Å². The molecule has 0 spiro atoms. The number of rotatable bonds is 4. The summed E-state index contributed by atoms with van der Waals surface area (Å²) >= 11 is 0. The Balaban J connectivity index is 1.42. The monoisotopic (exact) mass is 349 g/mol. The van der Waals surface area contributed by atoms with Crippen molar-refractivity contribution in [3.8, 4) is 0 Å². The van der Waals surface area contributed by atoms with Crippen molar-refractivity contribution in [2.75, 3.05) is 22.9 Å². The Morgan fingerprint density at radius 3 is 2.62 bits per heavy atom. The van der Waals surface area contributed by atoms with Crippen molar-refractivity contribution in [2.45, 2.75) is 31.8 Å². The molecule has 0 aromatic heterocycles. The molecule has 2 unspecified atom stereocenters. The van der Waals surface area contributed by atoms with Crippen LogP contribution in [0.1, 0.15) is 18.9 Å². The minimum Gasteiger partial charge on any atom is -0.359 e. The first kappa shape index (κ1) is 16.6. The zero-order valence-corrected chi connectivity index (χ0v) is 14.9. The van der Waals surface area contributed by atoms with Gasteiger partial charge in [-0.1, -0.05) is 36.4 Å². The van der Waals surface area contributed by atoms with E-state index in [9.17, 15) is 9.59 Å². The summed E-state index contributed by atoms with van der Waals surface area (Å²) in [6, 6.07) is 17.1. The van der Waals surface area contributed by atoms with E-state index in [-0.39, 0.29) is 17.9 Å². The Hall–Kier alpha value is -2.82. The molecule has 0 radical (unpaired) electrons. The normalized spacial score (nSPS) is 20.2. The third-order valence-electron chi connectivity index (χ3n) is 5.36. The number of benzene rings is 2. The van der Waals surface area contributed by atoms with E-state index in [1.165, 1.54) is 5.56 Å². The van der Waals surface area contributed by atoms with Gasteiger partial charge in [-0.25, -0.2) is 0 Å². The summed E-state index contributed by atoms with van der Waals surface area (Å²) in [5, 5.41) is 2.96. The van der Waals surface area contributed by atoms with Crippen LogP contribution in [0.15, 0.2) is 54.6 Å². The van der Waals surface area contributed by atoms with Crippen LogP contribution in [0.5, 0.6) is 0 Å². The molecule has 2 aromatic rings. The van der Waals surface area contributed by atoms with Gasteiger partial charge in [0, 0.05) is 24.5 Å². The van der Waals surface area contributed by atoms with Gasteiger partial charge in [0.1, 0.15) is 12.1 Å². The highest BCUT2D eigenvalue weighted by Gasteiger charge is 2.36. The third-order valence-corrected chi connectivity index (χ3v) is 5.36. The summed E-state index contributed by atoms with van der Waals surface area (Å²) in [5.74, 6) is -0.117. The minimum absolute atomic E-state index is 0.0291. The number of hydrogen-bond acceptors (Lipinski definition) is 3. The summed E-state index contributed by atoms with van der Waals surface area (Å²) in [4.78, 5) is 29.3. The van der Waals surface area contributed by atoms with E-state index < -0.39 is 6.04 Å². The highest BCUT2D eigenvalue weighted by molar-refractivity contribution is 6.02. The Bertz CT molecular complexity index is 821. The average Bonchev–Trinajstić information content (AvgIpc) is 3.26. The lowest BCUT2D eigenvalue weighted by atomic mass is 10.1. The zero-order chi connectivity index (χ0) is 18.1. The van der Waals surface area contributed by atoms with E-state index in [4.69, 9.17) is 0 Å². The second-order valence-electron chi connectivity index (χ2n) is 6.92. The van der Waals surface area contributed by atoms with Gasteiger partial charge in [0.05, 0.1) is 0 Å². The van der Waals surface area contributed by atoms with Gasteiger partial charge in [-0.05, 0) is 43.5 Å². The van der Waals surface area contributed by atoms with Gasteiger partial charge >= 0.3 is 0 Å². The number of fused-ring (bicyclic) bond motifs is 1. The Kier molecular flexibility index (Phi) is 4.37. The molecule has 2 atom stereocenters. The van der Waals surface area contributed by atoms with Crippen molar-refractivity contribution in [1.29, 1.82) is 0 Å². The summed E-state index contributed by atoms with van der Waals surface area (Å²) in [6.45, 7) is 3.38. The standard InChI is InChI=1S/C21H23N3O2/c1-15(23-13-11-16-7-5-6-10-19(16)23)20(25)22-18-12-14-24(21(18)26)17-8-3-2-4-9-17/h2-10,15,18H,11-14H2,1H3,(H,22,25). The smallest absolute Gasteiger partial charge is 0.249 e. The molecule has 1 N–H and O–H groups in total. The topological polar surface area (TPSA) is 52.7 Å². The summed E-state index contributed by atoms with van der Waals surface area (Å²) < 4.78 is 0. The Morgan fingerprint density at radius 1 is 1.08 bits per heavy atom. The predicted molar refractivity (Wildman–Crippen MR) is 102 cm³/mol. The number of nitrogens with zero attached hydrogens (tertiary/aromatic N) is 2. The first-order chi connectivity index (χ1) is 12.6. The summed E-state index contributed by atoms with van der Waals surface area (Å²) in [5.41, 5.74) is 3.29. The molecule has 5 nitrogen and oxygen atoms in total. The third kappa shape index (κ3) is 2.94. The molecule has 134 valence electrons. The van der Waals surface area contributed by atoms with Crippen molar-refractivity contribution in [3.63, 3.8) is 0 Å². The SMILES string of the molecule is CC(C(=O)NC1CCN(c2ccccc2)C1=O)N1CCc2ccccc21. The maximum atomic E-state index is 12.8. The van der Waals surface area contributed by atoms with E-state index in [0.717, 1.165) is 24.3 Å². The lowest BCUT2D eigenvalue weighted by molar-refractivity contribution is -0.127. The number of amides is 2. The van der Waals surface area contributed by atoms with Crippen molar-refractivity contribution in [3.05, 3.63) is 60.2 Å². The molecule has 0 bridgehead atoms. The molecular formula is C21H23N3O2. The van der Waals surface area contributed by atoms with E-state index in [0.29, 0.717) is 13.0 Å². The molecule has 1 saturated heterocycles. The van der Waals surface area contributed by atoms with Gasteiger partial charge in [-0.2, -0.15) is 0 Å². The lowest BCUT2D eigenvalue weighted by Crippen LogP contribution is -2.50. The van der Waals surface area contributed by atoms with Crippen LogP contribution in [-0.2, 0) is 16.0 Å². The minimum atomic E-state index is -0.442. The predicted octanol–water partition coefficient (Wildman–Crippen LogP) is 2.36. The average molecular weight is 349 g/mol. The van der Waals surface area contributed by atoms with Crippen LogP contribution in [0.25, 0.3) is 0 Å². The molecule has 0 saturated carbocycles. The first-order valence-corrected chi connectivity index (χ1v) is 9.16. The van der Waals surface area contributed by atoms with Gasteiger partial charge < -0.3 is 15.1 Å². The molecule has 2 aliphatic heterocycles. The van der Waals surface area contributed by atoms with E-state index in [1.54, 1.807) is 4.90 Å². The largest absolute Gasteiger partial charge is 0.359 e. The highest BCUT2D eigenvalue weighted by Crippen LogP contribution is 2.29. The molecule has 2 aromatic carbocycles. The van der Waals surface area contributed by atoms with Gasteiger partial charge in [0.15, 0.2) is 0 Å². The number of nitrogens with one attached hydrogen (secondary N) is 1. The van der Waals surface area contributed by atoms with E-state index in [2.05, 4.69) is 22.3 Å². The van der Waals surface area contributed by atoms with Crippen molar-refractivity contribution in [1.82, 2.24) is 5.32 Å². The number of carbonyl (C=O) groups excluding carboxylic acids is 2. The van der Waals surface area contributed by atoms with Crippen LogP contribution in [0.3, 0.4) is 0 Å². The fourth-order valence-corrected chi connectivity index (χ4v) is 3.88. The van der Waals surface area contributed by atoms with Gasteiger partial charge in [-0.3, -0.25) is 9.59 Å². The maximum Gasteiger partial charge on any atom is 0.249 e. The van der Waals surface area contributed by atoms with Crippen LogP contribution in [-0.4, -0.2) is 37.0 Å². The molecule has 0 aliphatic carbocycles. The van der Waals surface area contributed by atoms with Crippen LogP contribution in [0.2, 0.25) is 0 Å². The molecule has 2 heterocycles. The number of para-hydroxylation sites is 2. The molecule has 4 rings (SSSR count). The van der Waals surface area contributed by atoms with Gasteiger partial charge in [0.25, 0.3) is 0 Å². The van der Waals surface area contributed by atoms with Crippen molar-refractivity contribution < 1.29 is 9.59 Å². The first-order valence-electron chi connectivity index (χ1n) is 9.16. The second kappa shape index (κ2) is 6.83. The number of anilines is 2. The van der Waals surface area contributed by atoms with Crippen LogP contribution in [0, 0.1) is 0 Å². The second-order valence-corrected chi connectivity index (χ2v) is 6.92. The quantitative estimate of drug-likeness (QED) is 0.922. The molecule has 2 amide bonds. The fraction of sp³-hybridized carbons (Fsp3) is 0.333. The fourth-order valence-electron chi connectivity index (χ4n) is 3.88. The van der Waals surface area contributed by atoms with E-state index in [1.807, 2.05) is 49.4 Å². The van der Waals surface area contributed by atoms with Gasteiger partial charge in [-0.15, -0.1) is 0 Å². The van der Waals surface area contributed by atoms with Crippen LogP contribution in [0.4, 0.5) is 11.4 Å². The zero-order valence-electron chi connectivity index (χ0n) is 14.9. The molecule has 5 heteroatoms. The van der Waals surface area contributed by atoms with Crippen molar-refractivity contribution in [2.24, 2.45) is 0 Å². The lowest BCUT2D eigenvalue weighted by Gasteiger charge is -2.27. The van der Waals surface area contributed by atoms with Gasteiger partial charge in [0.2, 0.25) is 11.8 Å². The number of carbonyl (C=O) groups is 2. The molecule has 26 heavy (non-hydrogen) atoms. The van der Waals surface area contributed by atoms with Crippen molar-refractivity contribution >= 4 is 23.2 Å². The summed E-state index contributed by atoms with van der Waals surface area (Å²) in [6.07, 6.45) is 1.60. The summed E-state index contributed by atoms with van der Waals surface area (Å²) in [7, 11) is 0. The molecule has 1 fully saturated rings. The Labute approximate surface area is 153 Å². The highest BCUT2D eigenvalue weighted by atomic mass is 16.2. The number of hydrogen-bond donors (Lipinski definition) is 1. The van der Waals surface area contributed by atoms with Crippen LogP contribution >= 0.6 is 0 Å².